The fourth-order valence-corrected chi connectivity index (χ4v) is 1.96. The summed E-state index contributed by atoms with van der Waals surface area (Å²) in [4.78, 5) is 0. The monoisotopic (exact) mass is 288 g/mol. The molecule has 0 amide bonds. The maximum absolute atomic E-state index is 9.82. The van der Waals surface area contributed by atoms with E-state index in [2.05, 4.69) is 10.2 Å². The van der Waals surface area contributed by atoms with Crippen LogP contribution in [0.5, 0.6) is 5.88 Å². The summed E-state index contributed by atoms with van der Waals surface area (Å²) >= 11 is 0. The lowest BCUT2D eigenvalue weighted by Gasteiger charge is -2.39. The molecule has 0 radical (unpaired) electrons. The summed E-state index contributed by atoms with van der Waals surface area (Å²) in [6.45, 7) is 3.46. The van der Waals surface area contributed by atoms with Crippen molar-refractivity contribution in [3.8, 4) is 5.88 Å². The van der Waals surface area contributed by atoms with Gasteiger partial charge in [0.1, 0.15) is 24.4 Å². The highest BCUT2D eigenvalue weighted by Gasteiger charge is 2.44. The van der Waals surface area contributed by atoms with Crippen LogP contribution in [0.25, 0.3) is 0 Å². The summed E-state index contributed by atoms with van der Waals surface area (Å²) in [5.41, 5.74) is 0.851. The standard InChI is InChI=1S/C12H20N2O6/c1-5(2)6-3-8(14-13-6)20-12-11(18)10(17)9(16)7(4-15)19-12/h3,5,7,9-12,15-18H,4H2,1-2H3,(H,13,14)/t7-,9-,10+,11-,12-/m1/s1. The van der Waals surface area contributed by atoms with Crippen LogP contribution in [0.2, 0.25) is 0 Å². The third-order valence-electron chi connectivity index (χ3n) is 3.28. The first-order valence-electron chi connectivity index (χ1n) is 6.46. The van der Waals surface area contributed by atoms with Gasteiger partial charge in [-0.1, -0.05) is 13.8 Å². The van der Waals surface area contributed by atoms with Crippen molar-refractivity contribution in [2.24, 2.45) is 0 Å². The van der Waals surface area contributed by atoms with Gasteiger partial charge in [0.25, 0.3) is 0 Å². The molecule has 0 saturated carbocycles. The lowest BCUT2D eigenvalue weighted by atomic mass is 9.99. The highest BCUT2D eigenvalue weighted by Crippen LogP contribution is 2.24. The van der Waals surface area contributed by atoms with Crippen LogP contribution in [-0.2, 0) is 4.74 Å². The number of ether oxygens (including phenoxy) is 2. The zero-order valence-corrected chi connectivity index (χ0v) is 11.3. The molecule has 1 aliphatic rings. The van der Waals surface area contributed by atoms with Gasteiger partial charge in [-0.05, 0) is 5.92 Å². The minimum atomic E-state index is -1.46. The van der Waals surface area contributed by atoms with E-state index in [1.165, 1.54) is 0 Å². The van der Waals surface area contributed by atoms with Crippen molar-refractivity contribution in [1.29, 1.82) is 0 Å². The number of nitrogens with zero attached hydrogens (tertiary/aromatic N) is 1. The van der Waals surface area contributed by atoms with E-state index >= 15 is 0 Å². The van der Waals surface area contributed by atoms with Crippen LogP contribution >= 0.6 is 0 Å². The molecule has 0 unspecified atom stereocenters. The second kappa shape index (κ2) is 6.06. The first kappa shape index (κ1) is 15.2. The van der Waals surface area contributed by atoms with Crippen molar-refractivity contribution in [3.63, 3.8) is 0 Å². The molecule has 20 heavy (non-hydrogen) atoms. The minimum absolute atomic E-state index is 0.207. The molecule has 2 rings (SSSR count). The molecular formula is C12H20N2O6. The Hall–Kier alpha value is -1.19. The second-order valence-electron chi connectivity index (χ2n) is 5.13. The van der Waals surface area contributed by atoms with Gasteiger partial charge in [0.2, 0.25) is 12.2 Å². The maximum atomic E-state index is 9.82. The van der Waals surface area contributed by atoms with Crippen LogP contribution in [0.1, 0.15) is 25.5 Å². The second-order valence-corrected chi connectivity index (χ2v) is 5.13. The molecular weight excluding hydrogens is 268 g/mol. The van der Waals surface area contributed by atoms with E-state index in [0.29, 0.717) is 0 Å². The lowest BCUT2D eigenvalue weighted by Crippen LogP contribution is -2.60. The third kappa shape index (κ3) is 2.94. The van der Waals surface area contributed by atoms with Gasteiger partial charge >= 0.3 is 0 Å². The van der Waals surface area contributed by atoms with E-state index < -0.39 is 37.3 Å². The third-order valence-corrected chi connectivity index (χ3v) is 3.28. The summed E-state index contributed by atoms with van der Waals surface area (Å²) < 4.78 is 10.6. The fraction of sp³-hybridized carbons (Fsp3) is 0.750. The molecule has 5 N–H and O–H groups in total. The van der Waals surface area contributed by atoms with Gasteiger partial charge in [0.15, 0.2) is 0 Å². The summed E-state index contributed by atoms with van der Waals surface area (Å²) in [5.74, 6) is 0.438. The van der Waals surface area contributed by atoms with Gasteiger partial charge in [-0.15, -0.1) is 5.10 Å². The van der Waals surface area contributed by atoms with E-state index in [1.54, 1.807) is 6.07 Å². The molecule has 8 heteroatoms. The Morgan fingerprint density at radius 3 is 2.55 bits per heavy atom. The average molecular weight is 288 g/mol. The maximum Gasteiger partial charge on any atom is 0.235 e. The predicted molar refractivity (Wildman–Crippen MR) is 67.1 cm³/mol. The zero-order valence-electron chi connectivity index (χ0n) is 11.3. The molecule has 114 valence electrons. The number of aromatic nitrogens is 2. The highest BCUT2D eigenvalue weighted by molar-refractivity contribution is 5.17. The van der Waals surface area contributed by atoms with Crippen LogP contribution in [0.15, 0.2) is 6.07 Å². The normalized spacial score (nSPS) is 34.5. The topological polar surface area (TPSA) is 128 Å². The lowest BCUT2D eigenvalue weighted by molar-refractivity contribution is -0.278. The first-order chi connectivity index (χ1) is 9.43. The van der Waals surface area contributed by atoms with Crippen LogP contribution in [0.3, 0.4) is 0 Å². The Bertz CT molecular complexity index is 435. The van der Waals surface area contributed by atoms with Crippen LogP contribution in [0.4, 0.5) is 0 Å². The Morgan fingerprint density at radius 1 is 1.30 bits per heavy atom. The SMILES string of the molecule is CC(C)c1cc(O[C@H]2O[C@H](CO)[C@@H](O)[C@H](O)[C@H]2O)n[nH]1. The molecule has 0 aromatic carbocycles. The van der Waals surface area contributed by atoms with Gasteiger partial charge in [0.05, 0.1) is 6.61 Å². The van der Waals surface area contributed by atoms with Crippen molar-refractivity contribution in [3.05, 3.63) is 11.8 Å². The van der Waals surface area contributed by atoms with E-state index in [-0.39, 0.29) is 11.8 Å². The smallest absolute Gasteiger partial charge is 0.235 e. The van der Waals surface area contributed by atoms with Gasteiger partial charge in [-0.2, -0.15) is 0 Å². The Morgan fingerprint density at radius 2 is 2.00 bits per heavy atom. The van der Waals surface area contributed by atoms with Crippen LogP contribution in [-0.4, -0.2) is 67.9 Å². The fourth-order valence-electron chi connectivity index (χ4n) is 1.96. The number of nitrogens with one attached hydrogen (secondary N) is 1. The van der Waals surface area contributed by atoms with E-state index in [0.717, 1.165) is 5.69 Å². The molecule has 0 spiro atoms. The number of aliphatic hydroxyl groups is 4. The molecule has 2 heterocycles. The largest absolute Gasteiger partial charge is 0.444 e. The molecule has 1 aromatic heterocycles. The number of aliphatic hydroxyl groups excluding tert-OH is 4. The average Bonchev–Trinajstić information content (AvgIpc) is 2.88. The van der Waals surface area contributed by atoms with Gasteiger partial charge in [0, 0.05) is 11.8 Å². The molecule has 0 aliphatic carbocycles. The predicted octanol–water partition coefficient (Wildman–Crippen LogP) is -1.29. The number of hydrogen-bond acceptors (Lipinski definition) is 7. The first-order valence-corrected chi connectivity index (χ1v) is 6.46. The van der Waals surface area contributed by atoms with Crippen molar-refractivity contribution in [2.75, 3.05) is 6.61 Å². The van der Waals surface area contributed by atoms with Gasteiger partial charge in [-0.25, -0.2) is 0 Å². The van der Waals surface area contributed by atoms with E-state index in [9.17, 15) is 15.3 Å². The number of aromatic amines is 1. The number of hydrogen-bond donors (Lipinski definition) is 5. The summed E-state index contributed by atoms with van der Waals surface area (Å²) in [6.07, 6.45) is -6.52. The van der Waals surface area contributed by atoms with E-state index in [4.69, 9.17) is 14.6 Å². The van der Waals surface area contributed by atoms with Crippen LogP contribution in [0, 0.1) is 0 Å². The minimum Gasteiger partial charge on any atom is -0.444 e. The quantitative estimate of drug-likeness (QED) is 0.466. The van der Waals surface area contributed by atoms with Crippen molar-refractivity contribution in [1.82, 2.24) is 10.2 Å². The molecule has 5 atom stereocenters. The summed E-state index contributed by atoms with van der Waals surface area (Å²) in [7, 11) is 0. The Balaban J connectivity index is 2.07. The van der Waals surface area contributed by atoms with Gasteiger partial charge < -0.3 is 29.9 Å². The molecule has 0 bridgehead atoms. The molecule has 1 aliphatic heterocycles. The van der Waals surface area contributed by atoms with Crippen LogP contribution < -0.4 is 4.74 Å². The zero-order chi connectivity index (χ0) is 14.9. The summed E-state index contributed by atoms with van der Waals surface area (Å²) in [5, 5.41) is 44.9. The summed E-state index contributed by atoms with van der Waals surface area (Å²) in [6, 6.07) is 1.66. The Labute approximate surface area is 116 Å². The molecule has 1 aromatic rings. The van der Waals surface area contributed by atoms with Crippen molar-refractivity contribution >= 4 is 0 Å². The Kier molecular flexibility index (Phi) is 4.61. The highest BCUT2D eigenvalue weighted by atomic mass is 16.7. The molecule has 1 fully saturated rings. The van der Waals surface area contributed by atoms with Crippen molar-refractivity contribution < 1.29 is 29.9 Å². The van der Waals surface area contributed by atoms with Gasteiger partial charge in [-0.3, -0.25) is 5.10 Å². The number of rotatable bonds is 4. The number of H-pyrrole nitrogens is 1. The van der Waals surface area contributed by atoms with Crippen molar-refractivity contribution in [2.45, 2.75) is 50.5 Å². The molecule has 1 saturated heterocycles. The van der Waals surface area contributed by atoms with E-state index in [1.807, 2.05) is 13.8 Å². The molecule has 8 nitrogen and oxygen atoms in total.